The number of hydrogen-bond acceptors (Lipinski definition) is 6. The second-order valence-electron chi connectivity index (χ2n) is 4.52. The SMILES string of the molecule is CC(Nc1nc2c([N+](=O)[O-])cccc2o1)c1ccccn1. The lowest BCUT2D eigenvalue weighted by Crippen LogP contribution is -2.08. The highest BCUT2D eigenvalue weighted by Crippen LogP contribution is 2.28. The van der Waals surface area contributed by atoms with E-state index in [-0.39, 0.29) is 23.3 Å². The summed E-state index contributed by atoms with van der Waals surface area (Å²) in [6.45, 7) is 1.91. The molecule has 3 rings (SSSR count). The van der Waals surface area contributed by atoms with Gasteiger partial charge in [-0.2, -0.15) is 4.98 Å². The molecule has 1 unspecified atom stereocenters. The molecule has 0 aliphatic carbocycles. The highest BCUT2D eigenvalue weighted by molar-refractivity contribution is 5.84. The Morgan fingerprint density at radius 1 is 1.29 bits per heavy atom. The number of oxazole rings is 1. The number of fused-ring (bicyclic) bond motifs is 1. The summed E-state index contributed by atoms with van der Waals surface area (Å²) >= 11 is 0. The largest absolute Gasteiger partial charge is 0.423 e. The minimum Gasteiger partial charge on any atom is -0.423 e. The zero-order valence-corrected chi connectivity index (χ0v) is 11.2. The van der Waals surface area contributed by atoms with Gasteiger partial charge in [0.25, 0.3) is 11.7 Å². The Hall–Kier alpha value is -2.96. The van der Waals surface area contributed by atoms with Crippen molar-refractivity contribution in [3.8, 4) is 0 Å². The molecule has 2 aromatic heterocycles. The van der Waals surface area contributed by atoms with Crippen LogP contribution in [0.15, 0.2) is 47.0 Å². The van der Waals surface area contributed by atoms with Gasteiger partial charge in [0.2, 0.25) is 0 Å². The van der Waals surface area contributed by atoms with Crippen LogP contribution in [0.4, 0.5) is 11.7 Å². The molecule has 0 radical (unpaired) electrons. The predicted molar refractivity (Wildman–Crippen MR) is 76.9 cm³/mol. The molecule has 1 N–H and O–H groups in total. The number of nitrogens with one attached hydrogen (secondary N) is 1. The van der Waals surface area contributed by atoms with Crippen molar-refractivity contribution in [2.24, 2.45) is 0 Å². The van der Waals surface area contributed by atoms with Gasteiger partial charge in [0, 0.05) is 12.3 Å². The van der Waals surface area contributed by atoms with Crippen LogP contribution in [0.25, 0.3) is 11.1 Å². The topological polar surface area (TPSA) is 94.1 Å². The van der Waals surface area contributed by atoms with Crippen LogP contribution in [0, 0.1) is 10.1 Å². The number of anilines is 1. The first-order valence-corrected chi connectivity index (χ1v) is 6.36. The molecule has 7 heteroatoms. The van der Waals surface area contributed by atoms with Gasteiger partial charge in [-0.15, -0.1) is 0 Å². The third-order valence-corrected chi connectivity index (χ3v) is 3.07. The van der Waals surface area contributed by atoms with Gasteiger partial charge in [0.15, 0.2) is 11.1 Å². The molecular formula is C14H12N4O3. The standard InChI is InChI=1S/C14H12N4O3/c1-9(10-5-2-3-8-15-10)16-14-17-13-11(18(19)20)6-4-7-12(13)21-14/h2-9H,1H3,(H,16,17). The second-order valence-corrected chi connectivity index (χ2v) is 4.52. The highest BCUT2D eigenvalue weighted by Gasteiger charge is 2.18. The third kappa shape index (κ3) is 2.53. The maximum absolute atomic E-state index is 11.0. The van der Waals surface area contributed by atoms with Gasteiger partial charge in [-0.3, -0.25) is 15.1 Å². The summed E-state index contributed by atoms with van der Waals surface area (Å²) in [4.78, 5) is 18.9. The Bertz CT molecular complexity index is 785. The van der Waals surface area contributed by atoms with E-state index in [0.29, 0.717) is 5.58 Å². The van der Waals surface area contributed by atoms with Gasteiger partial charge in [-0.05, 0) is 25.1 Å². The monoisotopic (exact) mass is 284 g/mol. The normalized spacial score (nSPS) is 12.2. The Labute approximate surface area is 119 Å². The van der Waals surface area contributed by atoms with Crippen molar-refractivity contribution in [1.29, 1.82) is 0 Å². The zero-order valence-electron chi connectivity index (χ0n) is 11.2. The van der Waals surface area contributed by atoms with Crippen molar-refractivity contribution < 1.29 is 9.34 Å². The Balaban J connectivity index is 1.92. The Kier molecular flexibility index (Phi) is 3.23. The number of nitro benzene ring substituents is 1. The van der Waals surface area contributed by atoms with Gasteiger partial charge in [-0.1, -0.05) is 12.1 Å². The third-order valence-electron chi connectivity index (χ3n) is 3.07. The molecule has 0 aliphatic heterocycles. The number of para-hydroxylation sites is 1. The molecule has 2 heterocycles. The fourth-order valence-electron chi connectivity index (χ4n) is 2.03. The number of rotatable bonds is 4. The average molecular weight is 284 g/mol. The molecule has 0 fully saturated rings. The van der Waals surface area contributed by atoms with Gasteiger partial charge in [-0.25, -0.2) is 0 Å². The van der Waals surface area contributed by atoms with E-state index in [9.17, 15) is 10.1 Å². The Morgan fingerprint density at radius 3 is 2.86 bits per heavy atom. The lowest BCUT2D eigenvalue weighted by molar-refractivity contribution is -0.383. The first kappa shape index (κ1) is 13.0. The summed E-state index contributed by atoms with van der Waals surface area (Å²) < 4.78 is 5.50. The lowest BCUT2D eigenvalue weighted by Gasteiger charge is -2.10. The van der Waals surface area contributed by atoms with Gasteiger partial charge in [0.1, 0.15) is 0 Å². The number of hydrogen-bond donors (Lipinski definition) is 1. The predicted octanol–water partition coefficient (Wildman–Crippen LogP) is 3.30. The minimum atomic E-state index is -0.475. The minimum absolute atomic E-state index is 0.0743. The number of benzene rings is 1. The zero-order chi connectivity index (χ0) is 14.8. The molecule has 1 atom stereocenters. The van der Waals surface area contributed by atoms with Crippen molar-refractivity contribution in [2.45, 2.75) is 13.0 Å². The fraction of sp³-hybridized carbons (Fsp3) is 0.143. The second kappa shape index (κ2) is 5.20. The molecular weight excluding hydrogens is 272 g/mol. The van der Waals surface area contributed by atoms with Crippen molar-refractivity contribution >= 4 is 22.8 Å². The fourth-order valence-corrected chi connectivity index (χ4v) is 2.03. The quantitative estimate of drug-likeness (QED) is 0.583. The molecule has 0 amide bonds. The van der Waals surface area contributed by atoms with Crippen LogP contribution < -0.4 is 5.32 Å². The Morgan fingerprint density at radius 2 is 2.14 bits per heavy atom. The summed E-state index contributed by atoms with van der Waals surface area (Å²) in [5.41, 5.74) is 1.36. The summed E-state index contributed by atoms with van der Waals surface area (Å²) in [5.74, 6) is 0. The van der Waals surface area contributed by atoms with Gasteiger partial charge in [0.05, 0.1) is 16.7 Å². The summed E-state index contributed by atoms with van der Waals surface area (Å²) in [6.07, 6.45) is 1.70. The summed E-state index contributed by atoms with van der Waals surface area (Å²) in [5, 5.41) is 14.0. The molecule has 1 aromatic carbocycles. The summed E-state index contributed by atoms with van der Waals surface area (Å²) in [7, 11) is 0. The van der Waals surface area contributed by atoms with E-state index in [1.807, 2.05) is 25.1 Å². The maximum Gasteiger partial charge on any atom is 0.298 e. The molecule has 0 aliphatic rings. The van der Waals surface area contributed by atoms with E-state index in [1.54, 1.807) is 18.3 Å². The summed E-state index contributed by atoms with van der Waals surface area (Å²) in [6, 6.07) is 10.3. The van der Waals surface area contributed by atoms with Crippen LogP contribution in [0.1, 0.15) is 18.7 Å². The van der Waals surface area contributed by atoms with Crippen molar-refractivity contribution in [3.63, 3.8) is 0 Å². The average Bonchev–Trinajstić information content (AvgIpc) is 2.89. The number of pyridine rings is 1. The van der Waals surface area contributed by atoms with E-state index in [0.717, 1.165) is 5.69 Å². The van der Waals surface area contributed by atoms with Crippen LogP contribution in [-0.2, 0) is 0 Å². The number of non-ortho nitro benzene ring substituents is 1. The molecule has 0 saturated heterocycles. The van der Waals surface area contributed by atoms with E-state index in [4.69, 9.17) is 4.42 Å². The maximum atomic E-state index is 11.0. The first-order valence-electron chi connectivity index (χ1n) is 6.36. The van der Waals surface area contributed by atoms with Crippen LogP contribution >= 0.6 is 0 Å². The molecule has 0 saturated carbocycles. The van der Waals surface area contributed by atoms with E-state index < -0.39 is 4.92 Å². The van der Waals surface area contributed by atoms with E-state index in [2.05, 4.69) is 15.3 Å². The van der Waals surface area contributed by atoms with Crippen molar-refractivity contribution in [3.05, 3.63) is 58.4 Å². The van der Waals surface area contributed by atoms with Crippen molar-refractivity contribution in [2.75, 3.05) is 5.32 Å². The van der Waals surface area contributed by atoms with E-state index >= 15 is 0 Å². The molecule has 106 valence electrons. The molecule has 21 heavy (non-hydrogen) atoms. The van der Waals surface area contributed by atoms with Crippen LogP contribution in [0.3, 0.4) is 0 Å². The van der Waals surface area contributed by atoms with Crippen LogP contribution in [0.2, 0.25) is 0 Å². The molecule has 0 spiro atoms. The van der Waals surface area contributed by atoms with Crippen LogP contribution in [0.5, 0.6) is 0 Å². The van der Waals surface area contributed by atoms with Crippen molar-refractivity contribution in [1.82, 2.24) is 9.97 Å². The molecule has 0 bridgehead atoms. The smallest absolute Gasteiger partial charge is 0.298 e. The number of nitro groups is 1. The molecule has 3 aromatic rings. The lowest BCUT2D eigenvalue weighted by atomic mass is 10.2. The highest BCUT2D eigenvalue weighted by atomic mass is 16.6. The first-order chi connectivity index (χ1) is 10.1. The van der Waals surface area contributed by atoms with Gasteiger partial charge < -0.3 is 9.73 Å². The van der Waals surface area contributed by atoms with Gasteiger partial charge >= 0.3 is 0 Å². The molecule has 7 nitrogen and oxygen atoms in total. The number of nitrogens with zero attached hydrogens (tertiary/aromatic N) is 3. The van der Waals surface area contributed by atoms with E-state index in [1.165, 1.54) is 6.07 Å². The van der Waals surface area contributed by atoms with Crippen LogP contribution in [-0.4, -0.2) is 14.9 Å². The number of aromatic nitrogens is 2.